The SMILES string of the molecule is CCOP(=O)(CN(C)C(=O)c1snc(Cl)c1Cl)OCC. The highest BCUT2D eigenvalue weighted by Crippen LogP contribution is 2.48. The van der Waals surface area contributed by atoms with Gasteiger partial charge in [0.15, 0.2) is 5.15 Å². The van der Waals surface area contributed by atoms with Crippen LogP contribution in [0.2, 0.25) is 10.2 Å². The van der Waals surface area contributed by atoms with E-state index in [-0.39, 0.29) is 34.6 Å². The molecule has 0 fully saturated rings. The molecule has 1 amide bonds. The number of nitrogens with zero attached hydrogens (tertiary/aromatic N) is 2. The molecule has 0 aliphatic carbocycles. The molecule has 0 bridgehead atoms. The molecule has 0 N–H and O–H groups in total. The molecule has 114 valence electrons. The van der Waals surface area contributed by atoms with E-state index < -0.39 is 13.5 Å². The lowest BCUT2D eigenvalue weighted by Crippen LogP contribution is -2.28. The van der Waals surface area contributed by atoms with E-state index in [4.69, 9.17) is 32.2 Å². The molecule has 0 aliphatic heterocycles. The number of aromatic nitrogens is 1. The van der Waals surface area contributed by atoms with Gasteiger partial charge in [0.25, 0.3) is 5.91 Å². The van der Waals surface area contributed by atoms with Crippen molar-refractivity contribution in [2.24, 2.45) is 0 Å². The largest absolute Gasteiger partial charge is 0.349 e. The number of hydrogen-bond acceptors (Lipinski definition) is 6. The van der Waals surface area contributed by atoms with Gasteiger partial charge in [-0.15, -0.1) is 0 Å². The third-order valence-electron chi connectivity index (χ3n) is 2.18. The highest BCUT2D eigenvalue weighted by atomic mass is 35.5. The van der Waals surface area contributed by atoms with E-state index in [9.17, 15) is 9.36 Å². The van der Waals surface area contributed by atoms with E-state index in [0.29, 0.717) is 0 Å². The second-order valence-corrected chi connectivity index (χ2v) is 7.24. The molecule has 6 nitrogen and oxygen atoms in total. The molecular weight excluding hydrogens is 346 g/mol. The second-order valence-electron chi connectivity index (χ2n) is 3.71. The minimum Gasteiger partial charge on any atom is -0.329 e. The van der Waals surface area contributed by atoms with E-state index >= 15 is 0 Å². The van der Waals surface area contributed by atoms with Gasteiger partial charge in [-0.2, -0.15) is 4.37 Å². The van der Waals surface area contributed by atoms with Crippen molar-refractivity contribution in [3.8, 4) is 0 Å². The Balaban J connectivity index is 2.84. The van der Waals surface area contributed by atoms with Crippen molar-refractivity contribution in [2.45, 2.75) is 13.8 Å². The zero-order chi connectivity index (χ0) is 15.3. The Morgan fingerprint density at radius 3 is 2.30 bits per heavy atom. The molecule has 1 aromatic heterocycles. The Labute approximate surface area is 131 Å². The Morgan fingerprint density at radius 2 is 1.90 bits per heavy atom. The van der Waals surface area contributed by atoms with Gasteiger partial charge in [0.2, 0.25) is 0 Å². The van der Waals surface area contributed by atoms with Gasteiger partial charge < -0.3 is 13.9 Å². The lowest BCUT2D eigenvalue weighted by molar-refractivity contribution is 0.0805. The maximum atomic E-state index is 12.3. The number of carbonyl (C=O) groups excluding carboxylic acids is 1. The van der Waals surface area contributed by atoms with Gasteiger partial charge in [-0.3, -0.25) is 9.36 Å². The Bertz CT molecular complexity index is 515. The summed E-state index contributed by atoms with van der Waals surface area (Å²) in [5.74, 6) is -0.431. The van der Waals surface area contributed by atoms with Gasteiger partial charge in [0.05, 0.1) is 13.2 Å². The van der Waals surface area contributed by atoms with Crippen molar-refractivity contribution >= 4 is 48.2 Å². The topological polar surface area (TPSA) is 68.7 Å². The van der Waals surface area contributed by atoms with E-state index in [0.717, 1.165) is 11.5 Å². The van der Waals surface area contributed by atoms with Crippen LogP contribution in [-0.2, 0) is 13.6 Å². The van der Waals surface area contributed by atoms with Crippen LogP contribution in [0.3, 0.4) is 0 Å². The smallest absolute Gasteiger partial charge is 0.329 e. The molecule has 0 spiro atoms. The van der Waals surface area contributed by atoms with Crippen LogP contribution in [0.4, 0.5) is 0 Å². The van der Waals surface area contributed by atoms with Crippen molar-refractivity contribution in [1.82, 2.24) is 9.27 Å². The molecule has 20 heavy (non-hydrogen) atoms. The quantitative estimate of drug-likeness (QED) is 0.692. The number of amides is 1. The van der Waals surface area contributed by atoms with Crippen LogP contribution in [0.1, 0.15) is 23.5 Å². The van der Waals surface area contributed by atoms with Crippen LogP contribution in [0.25, 0.3) is 0 Å². The van der Waals surface area contributed by atoms with Crippen LogP contribution >= 0.6 is 42.3 Å². The van der Waals surface area contributed by atoms with Gasteiger partial charge in [-0.1, -0.05) is 23.2 Å². The summed E-state index contributed by atoms with van der Waals surface area (Å²) >= 11 is 12.5. The fraction of sp³-hybridized carbons (Fsp3) is 0.600. The summed E-state index contributed by atoms with van der Waals surface area (Å²) in [7, 11) is -1.86. The van der Waals surface area contributed by atoms with Crippen LogP contribution in [0.15, 0.2) is 0 Å². The first kappa shape index (κ1) is 17.9. The van der Waals surface area contributed by atoms with Crippen molar-refractivity contribution in [3.05, 3.63) is 15.1 Å². The minimum atomic E-state index is -3.34. The minimum absolute atomic E-state index is 0.0752. The first-order chi connectivity index (χ1) is 9.34. The molecule has 1 rings (SSSR count). The third-order valence-corrected chi connectivity index (χ3v) is 6.03. The molecule has 0 saturated carbocycles. The average Bonchev–Trinajstić information content (AvgIpc) is 2.69. The summed E-state index contributed by atoms with van der Waals surface area (Å²) in [6.45, 7) is 3.86. The lowest BCUT2D eigenvalue weighted by Gasteiger charge is -2.23. The third kappa shape index (κ3) is 4.41. The van der Waals surface area contributed by atoms with Gasteiger partial charge in [0, 0.05) is 7.05 Å². The Kier molecular flexibility index (Phi) is 6.91. The molecule has 1 aromatic rings. The lowest BCUT2D eigenvalue weighted by atomic mass is 10.4. The molecule has 0 aromatic carbocycles. The molecule has 0 unspecified atom stereocenters. The van der Waals surface area contributed by atoms with Crippen molar-refractivity contribution in [2.75, 3.05) is 26.5 Å². The van der Waals surface area contributed by atoms with E-state index in [1.165, 1.54) is 11.9 Å². The van der Waals surface area contributed by atoms with Crippen molar-refractivity contribution < 1.29 is 18.4 Å². The summed E-state index contributed by atoms with van der Waals surface area (Å²) in [6.07, 6.45) is -0.167. The van der Waals surface area contributed by atoms with E-state index in [2.05, 4.69) is 4.37 Å². The average molecular weight is 361 g/mol. The fourth-order valence-electron chi connectivity index (χ4n) is 1.40. The fourth-order valence-corrected chi connectivity index (χ4v) is 4.28. The normalized spacial score (nSPS) is 11.7. The van der Waals surface area contributed by atoms with Crippen LogP contribution in [0, 0.1) is 0 Å². The monoisotopic (exact) mass is 360 g/mol. The molecule has 10 heteroatoms. The number of rotatable bonds is 7. The second kappa shape index (κ2) is 7.73. The summed E-state index contributed by atoms with van der Waals surface area (Å²) in [4.78, 5) is 13.6. The Hall–Kier alpha value is -0.170. The van der Waals surface area contributed by atoms with Crippen LogP contribution in [0.5, 0.6) is 0 Å². The summed E-state index contributed by atoms with van der Waals surface area (Å²) in [6, 6.07) is 0. The molecular formula is C10H15Cl2N2O4PS. The van der Waals surface area contributed by atoms with Crippen LogP contribution < -0.4 is 0 Å². The predicted molar refractivity (Wildman–Crippen MR) is 80.0 cm³/mol. The maximum Gasteiger partial charge on any atom is 0.349 e. The summed E-state index contributed by atoms with van der Waals surface area (Å²) in [5, 5.41) is 0.169. The van der Waals surface area contributed by atoms with Gasteiger partial charge in [0.1, 0.15) is 16.2 Å². The number of carbonyl (C=O) groups is 1. The van der Waals surface area contributed by atoms with Crippen molar-refractivity contribution in [1.29, 1.82) is 0 Å². The highest BCUT2D eigenvalue weighted by Gasteiger charge is 2.30. The highest BCUT2D eigenvalue weighted by molar-refractivity contribution is 7.53. The zero-order valence-electron chi connectivity index (χ0n) is 11.3. The molecule has 0 atom stereocenters. The molecule has 0 radical (unpaired) electrons. The van der Waals surface area contributed by atoms with Crippen molar-refractivity contribution in [3.63, 3.8) is 0 Å². The zero-order valence-corrected chi connectivity index (χ0v) is 14.5. The standard InChI is InChI=1S/C10H15Cl2N2O4PS/c1-4-17-19(16,18-5-2)6-14(3)10(15)8-7(11)9(12)13-20-8/h4-6H2,1-3H3. The number of halogens is 2. The molecule has 0 saturated heterocycles. The molecule has 1 heterocycles. The summed E-state index contributed by atoms with van der Waals surface area (Å²) < 4.78 is 26.4. The maximum absolute atomic E-state index is 12.3. The van der Waals surface area contributed by atoms with Crippen LogP contribution in [-0.4, -0.2) is 41.7 Å². The predicted octanol–water partition coefficient (Wildman–Crippen LogP) is 3.75. The number of hydrogen-bond donors (Lipinski definition) is 0. The van der Waals surface area contributed by atoms with Gasteiger partial charge in [-0.05, 0) is 25.4 Å². The Morgan fingerprint density at radius 1 is 1.35 bits per heavy atom. The first-order valence-corrected chi connectivity index (χ1v) is 9.04. The molecule has 0 aliphatic rings. The van der Waals surface area contributed by atoms with E-state index in [1.807, 2.05) is 0 Å². The summed E-state index contributed by atoms with van der Waals surface area (Å²) in [5.41, 5.74) is 0. The van der Waals surface area contributed by atoms with Gasteiger partial charge >= 0.3 is 7.60 Å². The van der Waals surface area contributed by atoms with Gasteiger partial charge in [-0.25, -0.2) is 0 Å². The first-order valence-electron chi connectivity index (χ1n) is 5.78. The van der Waals surface area contributed by atoms with E-state index in [1.54, 1.807) is 13.8 Å².